The molecule has 1 saturated heterocycles. The number of hydrogen-bond donors (Lipinski definition) is 3. The van der Waals surface area contributed by atoms with Crippen LogP contribution in [0.1, 0.15) is 63.5 Å². The van der Waals surface area contributed by atoms with E-state index in [1.807, 2.05) is 31.3 Å². The van der Waals surface area contributed by atoms with Gasteiger partial charge in [-0.3, -0.25) is 19.2 Å². The summed E-state index contributed by atoms with van der Waals surface area (Å²) >= 11 is 0. The fourth-order valence-electron chi connectivity index (χ4n) is 5.83. The van der Waals surface area contributed by atoms with Gasteiger partial charge in [0, 0.05) is 57.2 Å². The zero-order valence-electron chi connectivity index (χ0n) is 28.5. The van der Waals surface area contributed by atoms with Crippen LogP contribution in [0.4, 0.5) is 8.78 Å². The van der Waals surface area contributed by atoms with Crippen LogP contribution in [0.3, 0.4) is 0 Å². The van der Waals surface area contributed by atoms with Gasteiger partial charge in [-0.05, 0) is 50.6 Å². The molecule has 1 heterocycles. The molecule has 2 atom stereocenters. The maximum Gasteiger partial charge on any atom is 0.345 e. The van der Waals surface area contributed by atoms with Gasteiger partial charge >= 0.3 is 5.92 Å². The van der Waals surface area contributed by atoms with Crippen molar-refractivity contribution in [2.75, 3.05) is 40.3 Å². The van der Waals surface area contributed by atoms with Crippen LogP contribution in [0, 0.1) is 5.92 Å². The lowest BCUT2D eigenvalue weighted by Crippen LogP contribution is -2.55. The van der Waals surface area contributed by atoms with Gasteiger partial charge in [-0.15, -0.1) is 0 Å². The first-order valence-electron chi connectivity index (χ1n) is 16.6. The van der Waals surface area contributed by atoms with Crippen molar-refractivity contribution in [2.45, 2.75) is 83.3 Å². The van der Waals surface area contributed by atoms with E-state index in [-0.39, 0.29) is 36.6 Å². The Morgan fingerprint density at radius 3 is 2.23 bits per heavy atom. The first-order valence-corrected chi connectivity index (χ1v) is 16.6. The smallest absolute Gasteiger partial charge is 0.345 e. The number of halogens is 2. The number of hydrogen-bond acceptors (Lipinski definition) is 7. The molecule has 2 aliphatic rings. The average Bonchev–Trinajstić information content (AvgIpc) is 3.10. The number of carbonyl (C=O) groups excluding carboxylic acids is 4. The molecule has 0 radical (unpaired) electrons. The SMILES string of the molecule is C=N/C(=C\C=C(/C)C(F)(F)C(=O)N[C@H](C(=O)NCc1ccc(C[C@@H](NC(=O)CC)C(=O)N2CCN(C)CC2)cc1)C1CCCCC1)OC. The molecular formula is C35H50F2N6O5. The molecule has 1 aromatic carbocycles. The van der Waals surface area contributed by atoms with Crippen molar-refractivity contribution in [2.24, 2.45) is 10.9 Å². The highest BCUT2D eigenvalue weighted by Crippen LogP contribution is 2.29. The fraction of sp³-hybridized carbons (Fsp3) is 0.571. The third-order valence-electron chi connectivity index (χ3n) is 9.01. The monoisotopic (exact) mass is 672 g/mol. The van der Waals surface area contributed by atoms with Gasteiger partial charge in [0.15, 0.2) is 0 Å². The number of benzene rings is 1. The number of allylic oxidation sites excluding steroid dienone is 2. The van der Waals surface area contributed by atoms with Crippen LogP contribution >= 0.6 is 0 Å². The summed E-state index contributed by atoms with van der Waals surface area (Å²) in [5.41, 5.74) is 1.05. The van der Waals surface area contributed by atoms with Gasteiger partial charge < -0.3 is 30.5 Å². The molecule has 0 spiro atoms. The first kappa shape index (κ1) is 38.3. The second-order valence-electron chi connectivity index (χ2n) is 12.5. The van der Waals surface area contributed by atoms with Gasteiger partial charge in [0.25, 0.3) is 5.91 Å². The quantitative estimate of drug-likeness (QED) is 0.149. The van der Waals surface area contributed by atoms with E-state index in [4.69, 9.17) is 4.74 Å². The summed E-state index contributed by atoms with van der Waals surface area (Å²) < 4.78 is 35.1. The molecular weight excluding hydrogens is 622 g/mol. The molecule has 4 amide bonds. The molecule has 1 aliphatic heterocycles. The second kappa shape index (κ2) is 18.4. The molecule has 1 aliphatic carbocycles. The molecule has 0 aromatic heterocycles. The average molecular weight is 673 g/mol. The predicted molar refractivity (Wildman–Crippen MR) is 180 cm³/mol. The minimum atomic E-state index is -3.88. The highest BCUT2D eigenvalue weighted by atomic mass is 19.3. The van der Waals surface area contributed by atoms with Gasteiger partial charge in [-0.2, -0.15) is 8.78 Å². The van der Waals surface area contributed by atoms with E-state index < -0.39 is 35.4 Å². The van der Waals surface area contributed by atoms with Crippen molar-refractivity contribution < 1.29 is 32.7 Å². The summed E-state index contributed by atoms with van der Waals surface area (Å²) in [5.74, 6) is -6.54. The Labute approximate surface area is 282 Å². The summed E-state index contributed by atoms with van der Waals surface area (Å²) in [6.07, 6.45) is 6.76. The van der Waals surface area contributed by atoms with Gasteiger partial charge in [0.1, 0.15) is 12.1 Å². The van der Waals surface area contributed by atoms with Gasteiger partial charge in [0.05, 0.1) is 7.11 Å². The van der Waals surface area contributed by atoms with Crippen LogP contribution < -0.4 is 16.0 Å². The van der Waals surface area contributed by atoms with E-state index in [0.29, 0.717) is 32.4 Å². The number of nitrogens with zero attached hydrogens (tertiary/aromatic N) is 3. The van der Waals surface area contributed by atoms with Gasteiger partial charge in [-0.25, -0.2) is 4.99 Å². The molecule has 1 saturated carbocycles. The van der Waals surface area contributed by atoms with Crippen molar-refractivity contribution in [3.8, 4) is 0 Å². The minimum absolute atomic E-state index is 0.0141. The number of rotatable bonds is 15. The van der Waals surface area contributed by atoms with Crippen LogP contribution in [-0.4, -0.2) is 98.5 Å². The molecule has 11 nitrogen and oxygen atoms in total. The Bertz CT molecular complexity index is 1340. The summed E-state index contributed by atoms with van der Waals surface area (Å²) in [7, 11) is 3.33. The topological polar surface area (TPSA) is 132 Å². The predicted octanol–water partition coefficient (Wildman–Crippen LogP) is 3.35. The number of aliphatic imine (C=N–C) groups is 1. The lowest BCUT2D eigenvalue weighted by atomic mass is 9.83. The number of ether oxygens (including phenoxy) is 1. The number of carbonyl (C=O) groups is 4. The van der Waals surface area contributed by atoms with Crippen LogP contribution in [0.2, 0.25) is 0 Å². The Morgan fingerprint density at radius 2 is 1.65 bits per heavy atom. The number of piperazine rings is 1. The van der Waals surface area contributed by atoms with Crippen molar-refractivity contribution >= 4 is 30.3 Å². The van der Waals surface area contributed by atoms with E-state index in [0.717, 1.165) is 56.5 Å². The fourth-order valence-corrected chi connectivity index (χ4v) is 5.83. The number of methoxy groups -OCH3 is 1. The van der Waals surface area contributed by atoms with E-state index in [1.54, 1.807) is 11.8 Å². The molecule has 48 heavy (non-hydrogen) atoms. The molecule has 0 unspecified atom stereocenters. The second-order valence-corrected chi connectivity index (χ2v) is 12.5. The number of likely N-dealkylation sites (N-methyl/N-ethyl adjacent to an activating group) is 1. The van der Waals surface area contributed by atoms with E-state index in [9.17, 15) is 19.2 Å². The maximum absolute atomic E-state index is 15.1. The van der Waals surface area contributed by atoms with Crippen molar-refractivity contribution in [1.29, 1.82) is 0 Å². The summed E-state index contributed by atoms with van der Waals surface area (Å²) in [5, 5.41) is 8.03. The third kappa shape index (κ3) is 11.0. The third-order valence-corrected chi connectivity index (χ3v) is 9.01. The Kier molecular flexibility index (Phi) is 14.7. The van der Waals surface area contributed by atoms with Crippen molar-refractivity contribution in [3.63, 3.8) is 0 Å². The van der Waals surface area contributed by atoms with Gasteiger partial charge in [0.2, 0.25) is 23.6 Å². The molecule has 13 heteroatoms. The summed E-state index contributed by atoms with van der Waals surface area (Å²) in [6.45, 7) is 9.01. The molecule has 1 aromatic rings. The minimum Gasteiger partial charge on any atom is -0.481 e. The van der Waals surface area contributed by atoms with Crippen LogP contribution in [-0.2, 0) is 36.9 Å². The molecule has 0 bridgehead atoms. The Morgan fingerprint density at radius 1 is 1.02 bits per heavy atom. The summed E-state index contributed by atoms with van der Waals surface area (Å²) in [6, 6.07) is 5.48. The van der Waals surface area contributed by atoms with E-state index in [2.05, 4.69) is 32.6 Å². The van der Waals surface area contributed by atoms with Crippen molar-refractivity contribution in [3.05, 3.63) is 59.0 Å². The number of amides is 4. The number of nitrogens with one attached hydrogen (secondary N) is 3. The molecule has 2 fully saturated rings. The van der Waals surface area contributed by atoms with E-state index >= 15 is 8.78 Å². The highest BCUT2D eigenvalue weighted by molar-refractivity contribution is 5.92. The van der Waals surface area contributed by atoms with Crippen LogP contribution in [0.25, 0.3) is 0 Å². The highest BCUT2D eigenvalue weighted by Gasteiger charge is 2.43. The zero-order chi connectivity index (χ0) is 35.3. The molecule has 264 valence electrons. The van der Waals surface area contributed by atoms with Crippen molar-refractivity contribution in [1.82, 2.24) is 25.8 Å². The zero-order valence-corrected chi connectivity index (χ0v) is 28.5. The van der Waals surface area contributed by atoms with E-state index in [1.165, 1.54) is 13.2 Å². The standard InChI is InChI=1S/C35H50F2N6O5/c1-6-29(44)40-28(33(46)43-20-18-42(4)19-21-43)22-25-13-15-26(16-14-25)23-39-32(45)31(27-10-8-7-9-11-27)41-34(47)35(36,37)24(2)12-17-30(38-3)48-5/h12-17,27-28,31H,3,6-11,18-23H2,1-2,4-5H3,(H,39,45)(H,40,44)(H,41,47)/b24-12+,30-17+/t28-,31+/m1/s1. The normalized spacial score (nSPS) is 18.0. The molecule has 3 N–H and O–H groups in total. The number of alkyl halides is 2. The summed E-state index contributed by atoms with van der Waals surface area (Å²) in [4.78, 5) is 59.3. The van der Waals surface area contributed by atoms with Crippen LogP contribution in [0.15, 0.2) is 52.9 Å². The van der Waals surface area contributed by atoms with Crippen LogP contribution in [0.5, 0.6) is 0 Å². The maximum atomic E-state index is 15.1. The largest absolute Gasteiger partial charge is 0.481 e. The first-order chi connectivity index (χ1) is 22.9. The Hall–Kier alpha value is -4.13. The lowest BCUT2D eigenvalue weighted by Gasteiger charge is -2.34. The molecule has 3 rings (SSSR count). The Balaban J connectivity index is 1.67. The lowest BCUT2D eigenvalue weighted by molar-refractivity contribution is -0.144. The van der Waals surface area contributed by atoms with Gasteiger partial charge in [-0.1, -0.05) is 56.5 Å².